The molecule has 0 radical (unpaired) electrons. The van der Waals surface area contributed by atoms with E-state index in [4.69, 9.17) is 5.73 Å². The molecular weight excluding hydrogens is 370 g/mol. The molecular formula is C18H20BrN3O2. The molecule has 1 atom stereocenters. The molecule has 0 unspecified atom stereocenters. The number of hydrogen-bond donors (Lipinski definition) is 2. The van der Waals surface area contributed by atoms with Crippen molar-refractivity contribution in [1.82, 2.24) is 4.90 Å². The average molecular weight is 390 g/mol. The van der Waals surface area contributed by atoms with Gasteiger partial charge in [-0.3, -0.25) is 14.5 Å². The molecule has 0 fully saturated rings. The molecule has 2 aromatic carbocycles. The lowest BCUT2D eigenvalue weighted by Gasteiger charge is -2.24. The number of amides is 2. The van der Waals surface area contributed by atoms with Gasteiger partial charge in [-0.15, -0.1) is 0 Å². The first kappa shape index (κ1) is 18.2. The molecule has 0 bridgehead atoms. The highest BCUT2D eigenvalue weighted by Gasteiger charge is 2.19. The molecule has 0 aliphatic heterocycles. The number of halogens is 1. The van der Waals surface area contributed by atoms with Gasteiger partial charge in [-0.05, 0) is 49.9 Å². The van der Waals surface area contributed by atoms with E-state index >= 15 is 0 Å². The fraction of sp³-hybridized carbons (Fsp3) is 0.222. The Morgan fingerprint density at radius 1 is 1.17 bits per heavy atom. The minimum Gasteiger partial charge on any atom is -0.366 e. The standard InChI is InChI=1S/C18H20BrN3O2/c1-12(22(2)11-14-5-3-4-6-16(14)19)18(24)21-15-9-7-13(8-10-15)17(20)23/h3-10,12H,11H2,1-2H3,(H2,20,23)(H,21,24)/t12-/m0/s1. The van der Waals surface area contributed by atoms with Crippen LogP contribution in [0.2, 0.25) is 0 Å². The number of hydrogen-bond acceptors (Lipinski definition) is 3. The lowest BCUT2D eigenvalue weighted by atomic mass is 10.1. The van der Waals surface area contributed by atoms with Crippen molar-refractivity contribution in [3.05, 3.63) is 64.1 Å². The highest BCUT2D eigenvalue weighted by atomic mass is 79.9. The molecule has 0 heterocycles. The Labute approximate surface area is 150 Å². The molecule has 3 N–H and O–H groups in total. The molecule has 2 rings (SSSR count). The Balaban J connectivity index is 1.98. The molecule has 5 nitrogen and oxygen atoms in total. The number of carbonyl (C=O) groups excluding carboxylic acids is 2. The van der Waals surface area contributed by atoms with Crippen LogP contribution in [0.15, 0.2) is 53.0 Å². The van der Waals surface area contributed by atoms with Gasteiger partial charge in [0.1, 0.15) is 0 Å². The maximum Gasteiger partial charge on any atom is 0.248 e. The zero-order valence-electron chi connectivity index (χ0n) is 13.6. The van der Waals surface area contributed by atoms with Crippen molar-refractivity contribution in [2.75, 3.05) is 12.4 Å². The summed E-state index contributed by atoms with van der Waals surface area (Å²) in [5.74, 6) is -0.606. The van der Waals surface area contributed by atoms with E-state index in [0.29, 0.717) is 17.8 Å². The van der Waals surface area contributed by atoms with E-state index in [1.807, 2.05) is 43.1 Å². The number of rotatable bonds is 6. The van der Waals surface area contributed by atoms with Crippen LogP contribution in [-0.4, -0.2) is 29.8 Å². The highest BCUT2D eigenvalue weighted by molar-refractivity contribution is 9.10. The van der Waals surface area contributed by atoms with Crippen molar-refractivity contribution in [2.24, 2.45) is 5.73 Å². The van der Waals surface area contributed by atoms with Crippen LogP contribution in [0, 0.1) is 0 Å². The van der Waals surface area contributed by atoms with Crippen LogP contribution in [-0.2, 0) is 11.3 Å². The number of benzene rings is 2. The van der Waals surface area contributed by atoms with E-state index in [-0.39, 0.29) is 11.9 Å². The predicted octanol–water partition coefficient (Wildman–Crippen LogP) is 3.01. The fourth-order valence-corrected chi connectivity index (χ4v) is 2.61. The smallest absolute Gasteiger partial charge is 0.248 e. The largest absolute Gasteiger partial charge is 0.366 e. The van der Waals surface area contributed by atoms with Crippen molar-refractivity contribution in [2.45, 2.75) is 19.5 Å². The number of carbonyl (C=O) groups is 2. The first-order valence-corrected chi connectivity index (χ1v) is 8.32. The highest BCUT2D eigenvalue weighted by Crippen LogP contribution is 2.18. The van der Waals surface area contributed by atoms with Crippen molar-refractivity contribution in [3.8, 4) is 0 Å². The number of likely N-dealkylation sites (N-methyl/N-ethyl adjacent to an activating group) is 1. The van der Waals surface area contributed by atoms with Gasteiger partial charge in [0, 0.05) is 22.3 Å². The van der Waals surface area contributed by atoms with Gasteiger partial charge in [0.2, 0.25) is 11.8 Å². The summed E-state index contributed by atoms with van der Waals surface area (Å²) in [6, 6.07) is 14.1. The van der Waals surface area contributed by atoms with Crippen molar-refractivity contribution < 1.29 is 9.59 Å². The van der Waals surface area contributed by atoms with Crippen LogP contribution in [0.25, 0.3) is 0 Å². The Morgan fingerprint density at radius 3 is 2.38 bits per heavy atom. The Morgan fingerprint density at radius 2 is 1.79 bits per heavy atom. The summed E-state index contributed by atoms with van der Waals surface area (Å²) >= 11 is 3.52. The van der Waals surface area contributed by atoms with Gasteiger partial charge in [0.05, 0.1) is 6.04 Å². The summed E-state index contributed by atoms with van der Waals surface area (Å²) in [5.41, 5.74) is 7.36. The summed E-state index contributed by atoms with van der Waals surface area (Å²) < 4.78 is 1.02. The minimum absolute atomic E-state index is 0.114. The van der Waals surface area contributed by atoms with Gasteiger partial charge in [-0.1, -0.05) is 34.1 Å². The summed E-state index contributed by atoms with van der Waals surface area (Å²) in [6.45, 7) is 2.50. The quantitative estimate of drug-likeness (QED) is 0.796. The molecule has 0 aliphatic carbocycles. The molecule has 0 saturated heterocycles. The number of primary amides is 1. The van der Waals surface area contributed by atoms with E-state index in [1.54, 1.807) is 24.3 Å². The van der Waals surface area contributed by atoms with Gasteiger partial charge in [-0.25, -0.2) is 0 Å². The average Bonchev–Trinajstić information content (AvgIpc) is 2.56. The third kappa shape index (κ3) is 4.66. The van der Waals surface area contributed by atoms with E-state index in [0.717, 1.165) is 10.0 Å². The SMILES string of the molecule is C[C@@H](C(=O)Nc1ccc(C(N)=O)cc1)N(C)Cc1ccccc1Br. The Kier molecular flexibility index (Phi) is 6.11. The number of nitrogens with one attached hydrogen (secondary N) is 1. The van der Waals surface area contributed by atoms with Crippen molar-refractivity contribution in [1.29, 1.82) is 0 Å². The Hall–Kier alpha value is -2.18. The maximum atomic E-state index is 12.4. The van der Waals surface area contributed by atoms with Crippen LogP contribution in [0.4, 0.5) is 5.69 Å². The monoisotopic (exact) mass is 389 g/mol. The molecule has 2 amide bonds. The maximum absolute atomic E-state index is 12.4. The van der Waals surface area contributed by atoms with Crippen LogP contribution < -0.4 is 11.1 Å². The molecule has 24 heavy (non-hydrogen) atoms. The van der Waals surface area contributed by atoms with Crippen LogP contribution in [0.1, 0.15) is 22.8 Å². The van der Waals surface area contributed by atoms with E-state index < -0.39 is 5.91 Å². The molecule has 6 heteroatoms. The lowest BCUT2D eigenvalue weighted by Crippen LogP contribution is -2.39. The van der Waals surface area contributed by atoms with Crippen molar-refractivity contribution in [3.63, 3.8) is 0 Å². The third-order valence-electron chi connectivity index (χ3n) is 3.86. The second kappa shape index (κ2) is 8.08. The molecule has 0 spiro atoms. The summed E-state index contributed by atoms with van der Waals surface area (Å²) in [5, 5.41) is 2.84. The zero-order valence-corrected chi connectivity index (χ0v) is 15.2. The fourth-order valence-electron chi connectivity index (χ4n) is 2.20. The molecule has 0 saturated carbocycles. The second-order valence-corrected chi connectivity index (χ2v) is 6.47. The van der Waals surface area contributed by atoms with Crippen LogP contribution in [0.5, 0.6) is 0 Å². The van der Waals surface area contributed by atoms with Gasteiger partial charge in [0.25, 0.3) is 0 Å². The number of nitrogens with two attached hydrogens (primary N) is 1. The second-order valence-electron chi connectivity index (χ2n) is 5.61. The van der Waals surface area contributed by atoms with Gasteiger partial charge in [0.15, 0.2) is 0 Å². The molecule has 0 aliphatic rings. The Bertz CT molecular complexity index is 731. The van der Waals surface area contributed by atoms with E-state index in [1.165, 1.54) is 0 Å². The normalized spacial score (nSPS) is 12.0. The van der Waals surface area contributed by atoms with Gasteiger partial charge < -0.3 is 11.1 Å². The van der Waals surface area contributed by atoms with Crippen LogP contribution in [0.3, 0.4) is 0 Å². The predicted molar refractivity (Wildman–Crippen MR) is 98.7 cm³/mol. The zero-order chi connectivity index (χ0) is 17.7. The lowest BCUT2D eigenvalue weighted by molar-refractivity contribution is -0.120. The first-order valence-electron chi connectivity index (χ1n) is 7.53. The summed E-state index contributed by atoms with van der Waals surface area (Å²) in [7, 11) is 1.90. The number of nitrogens with zero attached hydrogens (tertiary/aromatic N) is 1. The topological polar surface area (TPSA) is 75.4 Å². The molecule has 126 valence electrons. The van der Waals surface area contributed by atoms with Gasteiger partial charge >= 0.3 is 0 Å². The third-order valence-corrected chi connectivity index (χ3v) is 4.63. The van der Waals surface area contributed by atoms with E-state index in [9.17, 15) is 9.59 Å². The molecule has 0 aromatic heterocycles. The minimum atomic E-state index is -0.491. The summed E-state index contributed by atoms with van der Waals surface area (Å²) in [4.78, 5) is 25.4. The number of anilines is 1. The van der Waals surface area contributed by atoms with E-state index in [2.05, 4.69) is 21.2 Å². The van der Waals surface area contributed by atoms with Crippen LogP contribution >= 0.6 is 15.9 Å². The summed E-state index contributed by atoms with van der Waals surface area (Å²) in [6.07, 6.45) is 0. The first-order chi connectivity index (χ1) is 11.4. The molecule has 2 aromatic rings. The van der Waals surface area contributed by atoms with Gasteiger partial charge in [-0.2, -0.15) is 0 Å². The van der Waals surface area contributed by atoms with Crippen molar-refractivity contribution >= 4 is 33.4 Å².